The number of hydrogen-bond acceptors (Lipinski definition) is 5. The summed E-state index contributed by atoms with van der Waals surface area (Å²) < 4.78 is 35.1. The van der Waals surface area contributed by atoms with Gasteiger partial charge >= 0.3 is 0 Å². The van der Waals surface area contributed by atoms with Crippen molar-refractivity contribution in [1.29, 1.82) is 0 Å². The molecule has 1 N–H and O–H groups in total. The van der Waals surface area contributed by atoms with Crippen LogP contribution in [-0.4, -0.2) is 50.4 Å². The zero-order valence-corrected chi connectivity index (χ0v) is 28.0. The molecule has 0 unspecified atom stereocenters. The Balaban J connectivity index is 1.81. The number of rotatable bonds is 14. The highest BCUT2D eigenvalue weighted by atomic mass is 32.2. The lowest BCUT2D eigenvalue weighted by atomic mass is 10.0. The molecule has 0 saturated heterocycles. The average molecular weight is 642 g/mol. The first-order valence-corrected chi connectivity index (χ1v) is 16.9. The Morgan fingerprint density at radius 1 is 0.826 bits per heavy atom. The summed E-state index contributed by atoms with van der Waals surface area (Å²) in [5, 5.41) is 2.98. The van der Waals surface area contributed by atoms with Crippen molar-refractivity contribution in [3.63, 3.8) is 0 Å². The lowest BCUT2D eigenvalue weighted by Crippen LogP contribution is -2.54. The first-order valence-electron chi connectivity index (χ1n) is 15.5. The van der Waals surface area contributed by atoms with E-state index in [4.69, 9.17) is 4.74 Å². The second-order valence-electron chi connectivity index (χ2n) is 11.6. The molecule has 9 heteroatoms. The van der Waals surface area contributed by atoms with Gasteiger partial charge in [0.2, 0.25) is 11.8 Å². The van der Waals surface area contributed by atoms with Crippen LogP contribution in [0.25, 0.3) is 0 Å². The summed E-state index contributed by atoms with van der Waals surface area (Å²) in [6, 6.07) is 29.3. The van der Waals surface area contributed by atoms with Crippen molar-refractivity contribution in [1.82, 2.24) is 10.2 Å². The van der Waals surface area contributed by atoms with Gasteiger partial charge in [0.05, 0.1) is 17.2 Å². The predicted octanol–water partition coefficient (Wildman–Crippen LogP) is 6.06. The van der Waals surface area contributed by atoms with Gasteiger partial charge in [-0.3, -0.25) is 13.9 Å². The minimum atomic E-state index is -4.18. The molecule has 4 aromatic carbocycles. The van der Waals surface area contributed by atoms with Crippen LogP contribution in [0.5, 0.6) is 5.75 Å². The third-order valence-corrected chi connectivity index (χ3v) is 9.42. The summed E-state index contributed by atoms with van der Waals surface area (Å²) >= 11 is 0. The molecule has 4 aromatic rings. The SMILES string of the molecule is CCOc1ccc(N(CC(=O)N(Cc2ccccc2C)[C@H](Cc2ccccc2)C(=O)NC(C)C)S(=O)(=O)c2ccc(C)cc2)cc1. The second-order valence-corrected chi connectivity index (χ2v) is 13.4. The molecule has 2 amide bonds. The van der Waals surface area contributed by atoms with Crippen LogP contribution in [0.1, 0.15) is 43.0 Å². The van der Waals surface area contributed by atoms with E-state index < -0.39 is 28.5 Å². The van der Waals surface area contributed by atoms with Gasteiger partial charge < -0.3 is 15.0 Å². The van der Waals surface area contributed by atoms with E-state index in [2.05, 4.69) is 5.32 Å². The van der Waals surface area contributed by atoms with E-state index in [1.165, 1.54) is 17.0 Å². The van der Waals surface area contributed by atoms with Gasteiger partial charge in [0.25, 0.3) is 10.0 Å². The maximum absolute atomic E-state index is 14.6. The monoisotopic (exact) mass is 641 g/mol. The molecule has 0 aliphatic carbocycles. The van der Waals surface area contributed by atoms with E-state index in [0.717, 1.165) is 26.6 Å². The number of nitrogens with zero attached hydrogens (tertiary/aromatic N) is 2. The Kier molecular flexibility index (Phi) is 11.6. The average Bonchev–Trinajstić information content (AvgIpc) is 3.03. The molecule has 4 rings (SSSR count). The fraction of sp³-hybridized carbons (Fsp3) is 0.297. The van der Waals surface area contributed by atoms with Crippen molar-refractivity contribution in [3.8, 4) is 5.75 Å². The molecule has 0 aromatic heterocycles. The number of benzene rings is 4. The van der Waals surface area contributed by atoms with Crippen molar-refractivity contribution in [2.75, 3.05) is 17.5 Å². The fourth-order valence-electron chi connectivity index (χ4n) is 5.15. The lowest BCUT2D eigenvalue weighted by molar-refractivity contribution is -0.140. The van der Waals surface area contributed by atoms with E-state index in [-0.39, 0.29) is 29.8 Å². The van der Waals surface area contributed by atoms with Crippen LogP contribution >= 0.6 is 0 Å². The van der Waals surface area contributed by atoms with Gasteiger partial charge in [0.1, 0.15) is 18.3 Å². The van der Waals surface area contributed by atoms with Crippen molar-refractivity contribution >= 4 is 27.5 Å². The zero-order valence-electron chi connectivity index (χ0n) is 27.1. The Morgan fingerprint density at radius 3 is 2.07 bits per heavy atom. The largest absolute Gasteiger partial charge is 0.494 e. The van der Waals surface area contributed by atoms with Crippen LogP contribution in [0.2, 0.25) is 0 Å². The molecular weight excluding hydrogens is 598 g/mol. The smallest absolute Gasteiger partial charge is 0.264 e. The summed E-state index contributed by atoms with van der Waals surface area (Å²) in [7, 11) is -4.18. The molecule has 0 bridgehead atoms. The molecule has 8 nitrogen and oxygen atoms in total. The number of carbonyl (C=O) groups excluding carboxylic acids is 2. The van der Waals surface area contributed by atoms with Gasteiger partial charge in [0.15, 0.2) is 0 Å². The Bertz CT molecular complexity index is 1710. The van der Waals surface area contributed by atoms with Crippen molar-refractivity contribution in [3.05, 3.63) is 125 Å². The maximum Gasteiger partial charge on any atom is 0.264 e. The number of anilines is 1. The highest BCUT2D eigenvalue weighted by Gasteiger charge is 2.35. The molecule has 0 saturated carbocycles. The number of carbonyl (C=O) groups is 2. The first-order chi connectivity index (χ1) is 22.0. The molecular formula is C37H43N3O5S. The Morgan fingerprint density at radius 2 is 1.46 bits per heavy atom. The summed E-state index contributed by atoms with van der Waals surface area (Å²) in [4.78, 5) is 30.0. The van der Waals surface area contributed by atoms with E-state index in [1.54, 1.807) is 36.4 Å². The summed E-state index contributed by atoms with van der Waals surface area (Å²) in [6.07, 6.45) is 0.255. The van der Waals surface area contributed by atoms with Gasteiger partial charge in [0, 0.05) is 19.0 Å². The van der Waals surface area contributed by atoms with Crippen LogP contribution in [0, 0.1) is 13.8 Å². The predicted molar refractivity (Wildman–Crippen MR) is 182 cm³/mol. The lowest BCUT2D eigenvalue weighted by Gasteiger charge is -2.34. The third-order valence-electron chi connectivity index (χ3n) is 7.63. The normalized spacial score (nSPS) is 12.0. The third kappa shape index (κ3) is 8.75. The molecule has 0 heterocycles. The van der Waals surface area contributed by atoms with Gasteiger partial charge in [-0.25, -0.2) is 8.42 Å². The second kappa shape index (κ2) is 15.6. The molecule has 0 aliphatic rings. The highest BCUT2D eigenvalue weighted by Crippen LogP contribution is 2.27. The van der Waals surface area contributed by atoms with Crippen LogP contribution in [-0.2, 0) is 32.6 Å². The molecule has 0 aliphatic heterocycles. The van der Waals surface area contributed by atoms with E-state index in [0.29, 0.717) is 18.0 Å². The number of aryl methyl sites for hydroxylation is 2. The molecule has 0 spiro atoms. The highest BCUT2D eigenvalue weighted by molar-refractivity contribution is 7.92. The zero-order chi connectivity index (χ0) is 33.3. The maximum atomic E-state index is 14.6. The van der Waals surface area contributed by atoms with Gasteiger partial charge in [-0.1, -0.05) is 72.3 Å². The van der Waals surface area contributed by atoms with Crippen molar-refractivity contribution < 1.29 is 22.7 Å². The fourth-order valence-corrected chi connectivity index (χ4v) is 6.56. The Labute approximate surface area is 273 Å². The minimum absolute atomic E-state index is 0.0589. The summed E-state index contributed by atoms with van der Waals surface area (Å²) in [5.74, 6) is -0.234. The number of nitrogens with one attached hydrogen (secondary N) is 1. The van der Waals surface area contributed by atoms with E-state index in [1.807, 2.05) is 89.2 Å². The van der Waals surface area contributed by atoms with Gasteiger partial charge in [-0.15, -0.1) is 0 Å². The molecule has 0 radical (unpaired) electrons. The van der Waals surface area contributed by atoms with Crippen LogP contribution in [0.3, 0.4) is 0 Å². The Hall–Kier alpha value is -4.63. The molecule has 0 fully saturated rings. The summed E-state index contributed by atoms with van der Waals surface area (Å²) in [5.41, 5.74) is 3.91. The first kappa shape index (κ1) is 34.2. The van der Waals surface area contributed by atoms with Crippen LogP contribution < -0.4 is 14.4 Å². The van der Waals surface area contributed by atoms with Crippen LogP contribution in [0.4, 0.5) is 5.69 Å². The van der Waals surface area contributed by atoms with Crippen molar-refractivity contribution in [2.45, 2.75) is 64.6 Å². The number of sulfonamides is 1. The summed E-state index contributed by atoms with van der Waals surface area (Å²) in [6.45, 7) is 9.49. The van der Waals surface area contributed by atoms with Crippen molar-refractivity contribution in [2.24, 2.45) is 0 Å². The van der Waals surface area contributed by atoms with Gasteiger partial charge in [-0.05, 0) is 87.7 Å². The molecule has 1 atom stereocenters. The van der Waals surface area contributed by atoms with Gasteiger partial charge in [-0.2, -0.15) is 0 Å². The molecule has 242 valence electrons. The topological polar surface area (TPSA) is 96.0 Å². The quantitative estimate of drug-likeness (QED) is 0.181. The standard InChI is InChI=1S/C37H43N3O5S/c1-6-45-33-20-18-32(19-21-33)40(46(43,44)34-22-16-28(4)17-23-34)26-36(41)39(25-31-15-11-10-12-29(31)5)35(37(42)38-27(2)3)24-30-13-8-7-9-14-30/h7-23,27,35H,6,24-26H2,1-5H3,(H,38,42)/t35-/m1/s1. The van der Waals surface area contributed by atoms with Crippen LogP contribution in [0.15, 0.2) is 108 Å². The molecule has 46 heavy (non-hydrogen) atoms. The number of ether oxygens (including phenoxy) is 1. The number of hydrogen-bond donors (Lipinski definition) is 1. The van der Waals surface area contributed by atoms with E-state index >= 15 is 0 Å². The number of amides is 2. The van der Waals surface area contributed by atoms with E-state index in [9.17, 15) is 18.0 Å². The minimum Gasteiger partial charge on any atom is -0.494 e.